The number of methoxy groups -OCH3 is 1. The Morgan fingerprint density at radius 2 is 2.00 bits per heavy atom. The van der Waals surface area contributed by atoms with Crippen LogP contribution in [0.1, 0.15) is 31.2 Å². The largest absolute Gasteiger partial charge is 0.497 e. The lowest BCUT2D eigenvalue weighted by Crippen LogP contribution is -2.51. The van der Waals surface area contributed by atoms with Crippen LogP contribution >= 0.6 is 12.4 Å². The van der Waals surface area contributed by atoms with E-state index in [1.165, 1.54) is 5.56 Å². The fraction of sp³-hybridized carbons (Fsp3) is 0.611. The van der Waals surface area contributed by atoms with Gasteiger partial charge in [-0.3, -0.25) is 4.79 Å². The summed E-state index contributed by atoms with van der Waals surface area (Å²) in [5.41, 5.74) is 1.34. The van der Waals surface area contributed by atoms with E-state index in [1.54, 1.807) is 7.11 Å². The number of hydrogen-bond donors (Lipinski definition) is 1. The van der Waals surface area contributed by atoms with E-state index >= 15 is 0 Å². The molecule has 1 aromatic rings. The van der Waals surface area contributed by atoms with Crippen molar-refractivity contribution >= 4 is 18.3 Å². The van der Waals surface area contributed by atoms with Gasteiger partial charge < -0.3 is 15.0 Å². The normalized spacial score (nSPS) is 20.3. The van der Waals surface area contributed by atoms with Gasteiger partial charge in [0.15, 0.2) is 0 Å². The molecule has 3 rings (SSSR count). The van der Waals surface area contributed by atoms with E-state index in [4.69, 9.17) is 4.74 Å². The molecule has 23 heavy (non-hydrogen) atoms. The topological polar surface area (TPSA) is 41.6 Å². The van der Waals surface area contributed by atoms with Crippen LogP contribution in [0, 0.1) is 11.8 Å². The van der Waals surface area contributed by atoms with Gasteiger partial charge in [0, 0.05) is 19.0 Å². The molecule has 0 aliphatic carbocycles. The van der Waals surface area contributed by atoms with Crippen molar-refractivity contribution in [1.82, 2.24) is 10.2 Å². The molecule has 1 amide bonds. The van der Waals surface area contributed by atoms with E-state index in [-0.39, 0.29) is 18.3 Å². The quantitative estimate of drug-likeness (QED) is 0.917. The van der Waals surface area contributed by atoms with E-state index in [0.29, 0.717) is 17.7 Å². The zero-order valence-electron chi connectivity index (χ0n) is 14.0. The summed E-state index contributed by atoms with van der Waals surface area (Å²) < 4.78 is 5.31. The molecule has 0 spiro atoms. The minimum atomic E-state index is 0. The average molecular weight is 339 g/mol. The van der Waals surface area contributed by atoms with Gasteiger partial charge in [0.25, 0.3) is 0 Å². The molecule has 1 aromatic carbocycles. The molecule has 1 atom stereocenters. The van der Waals surface area contributed by atoms with E-state index in [9.17, 15) is 4.79 Å². The Bertz CT molecular complexity index is 526. The second-order valence-electron chi connectivity index (χ2n) is 6.58. The summed E-state index contributed by atoms with van der Waals surface area (Å²) in [6, 6.07) is 8.34. The highest BCUT2D eigenvalue weighted by Gasteiger charge is 2.33. The Morgan fingerprint density at radius 1 is 1.30 bits per heavy atom. The molecule has 0 bridgehead atoms. The van der Waals surface area contributed by atoms with Crippen molar-refractivity contribution in [1.29, 1.82) is 0 Å². The highest BCUT2D eigenvalue weighted by atomic mass is 35.5. The number of nitrogens with zero attached hydrogens (tertiary/aromatic N) is 1. The first-order valence-electron chi connectivity index (χ1n) is 8.32. The summed E-state index contributed by atoms with van der Waals surface area (Å²) in [7, 11) is 1.71. The first-order chi connectivity index (χ1) is 10.7. The molecule has 128 valence electrons. The van der Waals surface area contributed by atoms with Crippen molar-refractivity contribution in [3.8, 4) is 5.75 Å². The van der Waals surface area contributed by atoms with E-state index < -0.39 is 0 Å². The van der Waals surface area contributed by atoms with Crippen LogP contribution in [0.3, 0.4) is 0 Å². The van der Waals surface area contributed by atoms with Crippen molar-refractivity contribution < 1.29 is 9.53 Å². The van der Waals surface area contributed by atoms with Gasteiger partial charge in [0.05, 0.1) is 7.11 Å². The van der Waals surface area contributed by atoms with Crippen LogP contribution in [0.2, 0.25) is 0 Å². The molecule has 0 saturated carbocycles. The van der Waals surface area contributed by atoms with Crippen LogP contribution in [-0.2, 0) is 4.79 Å². The maximum Gasteiger partial charge on any atom is 0.225 e. The van der Waals surface area contributed by atoms with Crippen molar-refractivity contribution in [2.24, 2.45) is 11.8 Å². The summed E-state index contributed by atoms with van der Waals surface area (Å²) in [4.78, 5) is 14.6. The number of likely N-dealkylation sites (tertiary alicyclic amines) is 1. The second kappa shape index (κ2) is 8.02. The van der Waals surface area contributed by atoms with Gasteiger partial charge in [-0.2, -0.15) is 0 Å². The molecule has 5 heteroatoms. The van der Waals surface area contributed by atoms with Gasteiger partial charge in [0.2, 0.25) is 5.91 Å². The highest BCUT2D eigenvalue weighted by Crippen LogP contribution is 2.31. The van der Waals surface area contributed by atoms with Crippen LogP contribution in [0.5, 0.6) is 5.75 Å². The van der Waals surface area contributed by atoms with Gasteiger partial charge in [-0.25, -0.2) is 0 Å². The molecule has 2 aliphatic heterocycles. The van der Waals surface area contributed by atoms with E-state index in [0.717, 1.165) is 44.8 Å². The molecular weight excluding hydrogens is 312 g/mol. The zero-order valence-corrected chi connectivity index (χ0v) is 14.8. The van der Waals surface area contributed by atoms with Crippen molar-refractivity contribution in [3.05, 3.63) is 29.8 Å². The zero-order chi connectivity index (χ0) is 15.5. The molecule has 2 heterocycles. The highest BCUT2D eigenvalue weighted by molar-refractivity contribution is 5.85. The van der Waals surface area contributed by atoms with E-state index in [1.807, 2.05) is 6.07 Å². The number of hydrogen-bond acceptors (Lipinski definition) is 3. The Kier molecular flexibility index (Phi) is 6.31. The number of ether oxygens (including phenoxy) is 1. The lowest BCUT2D eigenvalue weighted by atomic mass is 9.85. The summed E-state index contributed by atoms with van der Waals surface area (Å²) in [6.45, 7) is 5.83. The molecule has 2 aliphatic rings. The number of carbonyl (C=O) groups is 1. The molecule has 2 fully saturated rings. The minimum absolute atomic E-state index is 0. The lowest BCUT2D eigenvalue weighted by Gasteiger charge is -2.38. The smallest absolute Gasteiger partial charge is 0.225 e. The number of nitrogens with one attached hydrogen (secondary N) is 1. The predicted octanol–water partition coefficient (Wildman–Crippen LogP) is 2.68. The molecule has 2 saturated heterocycles. The lowest BCUT2D eigenvalue weighted by molar-refractivity contribution is -0.138. The standard InChI is InChI=1S/C18H26N2O2.ClH/c1-13(16-11-19-12-16)18(21)20-8-6-14(7-9-20)15-4-3-5-17(10-15)22-2;/h3-5,10,13-14,16,19H,6-9,11-12H2,1-2H3;1H. The monoisotopic (exact) mass is 338 g/mol. The summed E-state index contributed by atoms with van der Waals surface area (Å²) in [5.74, 6) is 2.50. The van der Waals surface area contributed by atoms with Crippen molar-refractivity contribution in [2.45, 2.75) is 25.7 Å². The SMILES string of the molecule is COc1cccc(C2CCN(C(=O)C(C)C3CNC3)CC2)c1.Cl. The van der Waals surface area contributed by atoms with Gasteiger partial charge in [-0.1, -0.05) is 19.1 Å². The summed E-state index contributed by atoms with van der Waals surface area (Å²) in [6.07, 6.45) is 2.10. The number of rotatable bonds is 4. The maximum absolute atomic E-state index is 12.6. The van der Waals surface area contributed by atoms with Crippen LogP contribution < -0.4 is 10.1 Å². The third-order valence-electron chi connectivity index (χ3n) is 5.28. The Balaban J connectivity index is 0.00000192. The first kappa shape index (κ1) is 18.1. The number of benzene rings is 1. The van der Waals surface area contributed by atoms with Gasteiger partial charge in [-0.15, -0.1) is 12.4 Å². The maximum atomic E-state index is 12.6. The van der Waals surface area contributed by atoms with Gasteiger partial charge >= 0.3 is 0 Å². The third-order valence-corrected chi connectivity index (χ3v) is 5.28. The fourth-order valence-corrected chi connectivity index (χ4v) is 3.48. The Labute approximate surface area is 145 Å². The minimum Gasteiger partial charge on any atom is -0.497 e. The summed E-state index contributed by atoms with van der Waals surface area (Å²) >= 11 is 0. The second-order valence-corrected chi connectivity index (χ2v) is 6.58. The van der Waals surface area contributed by atoms with Crippen molar-refractivity contribution in [2.75, 3.05) is 33.3 Å². The third kappa shape index (κ3) is 3.99. The Morgan fingerprint density at radius 3 is 2.57 bits per heavy atom. The molecule has 1 unspecified atom stereocenters. The van der Waals surface area contributed by atoms with Gasteiger partial charge in [-0.05, 0) is 55.5 Å². The fourth-order valence-electron chi connectivity index (χ4n) is 3.48. The van der Waals surface area contributed by atoms with E-state index in [2.05, 4.69) is 35.3 Å². The molecule has 0 radical (unpaired) electrons. The van der Waals surface area contributed by atoms with Crippen LogP contribution in [0.25, 0.3) is 0 Å². The number of amides is 1. The summed E-state index contributed by atoms with van der Waals surface area (Å²) in [5, 5.41) is 3.26. The molecular formula is C18H27ClN2O2. The molecule has 1 N–H and O–H groups in total. The predicted molar refractivity (Wildman–Crippen MR) is 94.3 cm³/mol. The van der Waals surface area contributed by atoms with Crippen LogP contribution in [0.4, 0.5) is 0 Å². The molecule has 0 aromatic heterocycles. The molecule has 4 nitrogen and oxygen atoms in total. The first-order valence-corrected chi connectivity index (χ1v) is 8.32. The van der Waals surface area contributed by atoms with Gasteiger partial charge in [0.1, 0.15) is 5.75 Å². The van der Waals surface area contributed by atoms with Crippen LogP contribution in [0.15, 0.2) is 24.3 Å². The number of carbonyl (C=O) groups excluding carboxylic acids is 1. The van der Waals surface area contributed by atoms with Crippen LogP contribution in [-0.4, -0.2) is 44.1 Å². The number of piperidine rings is 1. The number of halogens is 1. The average Bonchev–Trinajstić information content (AvgIpc) is 2.52. The van der Waals surface area contributed by atoms with Crippen molar-refractivity contribution in [3.63, 3.8) is 0 Å². The Hall–Kier alpha value is -1.26.